The number of fused-ring (bicyclic) bond motifs is 6. The van der Waals surface area contributed by atoms with Crippen molar-refractivity contribution >= 4 is 55.2 Å². The van der Waals surface area contributed by atoms with E-state index < -0.39 is 0 Å². The minimum atomic E-state index is 0.891. The minimum absolute atomic E-state index is 0.891. The first-order valence-electron chi connectivity index (χ1n) is 17.5. The van der Waals surface area contributed by atoms with E-state index in [2.05, 4.69) is 143 Å². The molecule has 9 rings (SSSR count). The summed E-state index contributed by atoms with van der Waals surface area (Å²) in [5.74, 6) is 1.80. The van der Waals surface area contributed by atoms with E-state index in [9.17, 15) is 0 Å². The largest absolute Gasteiger partial charge is 0.363 e. The van der Waals surface area contributed by atoms with Crippen molar-refractivity contribution in [3.05, 3.63) is 146 Å². The Balaban J connectivity index is 1.13. The van der Waals surface area contributed by atoms with Crippen LogP contribution in [0.15, 0.2) is 146 Å². The highest BCUT2D eigenvalue weighted by atomic mass is 15.1. The Hall–Kier alpha value is -6.66. The van der Waals surface area contributed by atoms with Gasteiger partial charge < -0.3 is 9.80 Å². The molecule has 0 aliphatic heterocycles. The molecule has 0 amide bonds. The van der Waals surface area contributed by atoms with Crippen LogP contribution in [-0.2, 0) is 0 Å². The number of hydrogen-bond donors (Lipinski definition) is 0. The SMILES string of the molecule is CN(C)c1cc(-c2ccccc2)c2ccc3ccc(-c4ccc(-c5ccc6ccc7c(-c8ccccc8)cc(N(C)C)nc7c6n5)cc4)nc3c2n1. The molecule has 9 aromatic rings. The number of anilines is 2. The summed E-state index contributed by atoms with van der Waals surface area (Å²) in [5, 5.41) is 4.29. The highest BCUT2D eigenvalue weighted by molar-refractivity contribution is 6.10. The fourth-order valence-corrected chi connectivity index (χ4v) is 7.02. The molecule has 6 nitrogen and oxygen atoms in total. The van der Waals surface area contributed by atoms with E-state index in [0.29, 0.717) is 0 Å². The molecular formula is C46H36N6. The van der Waals surface area contributed by atoms with Gasteiger partial charge in [0.25, 0.3) is 0 Å². The predicted molar refractivity (Wildman–Crippen MR) is 218 cm³/mol. The molecule has 5 aromatic carbocycles. The van der Waals surface area contributed by atoms with Crippen LogP contribution in [0.5, 0.6) is 0 Å². The number of pyridine rings is 4. The van der Waals surface area contributed by atoms with Crippen LogP contribution in [0.2, 0.25) is 0 Å². The highest BCUT2D eigenvalue weighted by Crippen LogP contribution is 2.37. The van der Waals surface area contributed by atoms with E-state index >= 15 is 0 Å². The molecule has 4 aromatic heterocycles. The third-order valence-electron chi connectivity index (χ3n) is 9.81. The molecule has 0 aliphatic carbocycles. The Kier molecular flexibility index (Phi) is 7.58. The quantitative estimate of drug-likeness (QED) is 0.164. The van der Waals surface area contributed by atoms with Crippen LogP contribution in [0.1, 0.15) is 0 Å². The van der Waals surface area contributed by atoms with Gasteiger partial charge in [-0.15, -0.1) is 0 Å². The Morgan fingerprint density at radius 1 is 0.346 bits per heavy atom. The van der Waals surface area contributed by atoms with Gasteiger partial charge in [-0.25, -0.2) is 19.9 Å². The van der Waals surface area contributed by atoms with Crippen molar-refractivity contribution in [1.82, 2.24) is 19.9 Å². The van der Waals surface area contributed by atoms with Gasteiger partial charge in [0.2, 0.25) is 0 Å². The first-order valence-corrected chi connectivity index (χ1v) is 17.5. The van der Waals surface area contributed by atoms with Crippen LogP contribution in [0, 0.1) is 0 Å². The molecule has 0 spiro atoms. The van der Waals surface area contributed by atoms with E-state index in [1.165, 1.54) is 0 Å². The lowest BCUT2D eigenvalue weighted by atomic mass is 9.98. The first-order chi connectivity index (χ1) is 25.4. The molecular weight excluding hydrogens is 637 g/mol. The number of benzene rings is 5. The van der Waals surface area contributed by atoms with Crippen LogP contribution in [0.4, 0.5) is 11.6 Å². The lowest BCUT2D eigenvalue weighted by Gasteiger charge is -2.17. The molecule has 52 heavy (non-hydrogen) atoms. The predicted octanol–water partition coefficient (Wildman–Crippen LogP) is 10.7. The maximum atomic E-state index is 5.23. The van der Waals surface area contributed by atoms with Gasteiger partial charge in [0.05, 0.1) is 33.5 Å². The zero-order valence-electron chi connectivity index (χ0n) is 29.5. The van der Waals surface area contributed by atoms with Gasteiger partial charge in [-0.3, -0.25) is 0 Å². The molecule has 4 heterocycles. The van der Waals surface area contributed by atoms with Crippen LogP contribution in [0.25, 0.3) is 88.4 Å². The van der Waals surface area contributed by atoms with E-state index in [0.717, 1.165) is 100 Å². The summed E-state index contributed by atoms with van der Waals surface area (Å²) in [6.45, 7) is 0. The summed E-state index contributed by atoms with van der Waals surface area (Å²) >= 11 is 0. The number of hydrogen-bond acceptors (Lipinski definition) is 6. The Bertz CT molecular complexity index is 2580. The van der Waals surface area contributed by atoms with Crippen LogP contribution < -0.4 is 9.80 Å². The van der Waals surface area contributed by atoms with E-state index in [-0.39, 0.29) is 0 Å². The summed E-state index contributed by atoms with van der Waals surface area (Å²) < 4.78 is 0. The topological polar surface area (TPSA) is 58.0 Å². The fraction of sp³-hybridized carbons (Fsp3) is 0.0870. The second kappa shape index (κ2) is 12.6. The Morgan fingerprint density at radius 2 is 0.731 bits per heavy atom. The normalized spacial score (nSPS) is 11.5. The average molecular weight is 673 g/mol. The zero-order chi connectivity index (χ0) is 35.3. The first kappa shape index (κ1) is 31.3. The number of aromatic nitrogens is 4. The number of rotatable bonds is 6. The maximum absolute atomic E-state index is 5.23. The minimum Gasteiger partial charge on any atom is -0.363 e. The molecule has 0 saturated heterocycles. The molecule has 0 saturated carbocycles. The smallest absolute Gasteiger partial charge is 0.129 e. The van der Waals surface area contributed by atoms with Gasteiger partial charge in [0.1, 0.15) is 11.6 Å². The highest BCUT2D eigenvalue weighted by Gasteiger charge is 2.16. The maximum Gasteiger partial charge on any atom is 0.129 e. The Morgan fingerprint density at radius 3 is 1.12 bits per heavy atom. The average Bonchev–Trinajstić information content (AvgIpc) is 3.20. The fourth-order valence-electron chi connectivity index (χ4n) is 7.02. The molecule has 0 fully saturated rings. The molecule has 0 radical (unpaired) electrons. The third-order valence-corrected chi connectivity index (χ3v) is 9.81. The summed E-state index contributed by atoms with van der Waals surface area (Å²) in [7, 11) is 8.11. The van der Waals surface area contributed by atoms with Crippen LogP contribution >= 0.6 is 0 Å². The standard InChI is InChI=1S/C46H36N6/c1-51(2)41-27-37(29-11-7-5-8-12-29)35-23-19-33-21-25-39(47-43(33)45(35)49-41)31-15-17-32(18-16-31)40-26-22-34-20-24-36-38(30-13-9-6-10-14-30)28-42(52(3)4)50-46(36)44(34)48-40/h5-28H,1-4H3. The van der Waals surface area contributed by atoms with Gasteiger partial charge >= 0.3 is 0 Å². The second-order valence-corrected chi connectivity index (χ2v) is 13.6. The van der Waals surface area contributed by atoms with Crippen LogP contribution in [0.3, 0.4) is 0 Å². The van der Waals surface area contributed by atoms with Gasteiger partial charge in [0, 0.05) is 60.9 Å². The van der Waals surface area contributed by atoms with Gasteiger partial charge in [-0.1, -0.05) is 121 Å². The summed E-state index contributed by atoms with van der Waals surface area (Å²) in [4.78, 5) is 24.8. The molecule has 6 heteroatoms. The monoisotopic (exact) mass is 672 g/mol. The van der Waals surface area contributed by atoms with Crippen molar-refractivity contribution in [1.29, 1.82) is 0 Å². The van der Waals surface area contributed by atoms with Crippen molar-refractivity contribution in [3.8, 4) is 44.8 Å². The molecule has 0 bridgehead atoms. The summed E-state index contributed by atoms with van der Waals surface area (Å²) in [6.07, 6.45) is 0. The van der Waals surface area contributed by atoms with Gasteiger partial charge in [-0.2, -0.15) is 0 Å². The molecule has 0 unspecified atom stereocenters. The van der Waals surface area contributed by atoms with Crippen LogP contribution in [-0.4, -0.2) is 48.1 Å². The summed E-state index contributed by atoms with van der Waals surface area (Å²) in [6, 6.07) is 51.0. The second-order valence-electron chi connectivity index (χ2n) is 13.6. The molecule has 250 valence electrons. The molecule has 0 atom stereocenters. The van der Waals surface area contributed by atoms with Crippen molar-refractivity contribution in [2.75, 3.05) is 38.0 Å². The van der Waals surface area contributed by atoms with Crippen molar-refractivity contribution in [2.24, 2.45) is 0 Å². The van der Waals surface area contributed by atoms with E-state index in [4.69, 9.17) is 19.9 Å². The number of nitrogens with zero attached hydrogens (tertiary/aromatic N) is 6. The van der Waals surface area contributed by atoms with Crippen molar-refractivity contribution < 1.29 is 0 Å². The van der Waals surface area contributed by atoms with E-state index in [1.807, 2.05) is 40.3 Å². The summed E-state index contributed by atoms with van der Waals surface area (Å²) in [5.41, 5.74) is 12.1. The zero-order valence-corrected chi connectivity index (χ0v) is 29.5. The Labute approximate surface area is 302 Å². The third kappa shape index (κ3) is 5.46. The van der Waals surface area contributed by atoms with Crippen molar-refractivity contribution in [2.45, 2.75) is 0 Å². The van der Waals surface area contributed by atoms with Crippen molar-refractivity contribution in [3.63, 3.8) is 0 Å². The lowest BCUT2D eigenvalue weighted by Crippen LogP contribution is -2.11. The molecule has 0 N–H and O–H groups in total. The van der Waals surface area contributed by atoms with Gasteiger partial charge in [0.15, 0.2) is 0 Å². The lowest BCUT2D eigenvalue weighted by molar-refractivity contribution is 1.08. The van der Waals surface area contributed by atoms with E-state index in [1.54, 1.807) is 0 Å². The van der Waals surface area contributed by atoms with Gasteiger partial charge in [-0.05, 0) is 46.5 Å². The molecule has 0 aliphatic rings.